The zero-order valence-electron chi connectivity index (χ0n) is 7.49. The first-order valence-corrected chi connectivity index (χ1v) is 3.90. The number of aldehydes is 1. The molecule has 0 aliphatic rings. The van der Waals surface area contributed by atoms with E-state index in [-0.39, 0.29) is 12.4 Å². The van der Waals surface area contributed by atoms with Crippen molar-refractivity contribution in [3.63, 3.8) is 0 Å². The molecule has 1 rings (SSSR count). The van der Waals surface area contributed by atoms with Crippen molar-refractivity contribution < 1.29 is 31.1 Å². The molecule has 0 aliphatic heterocycles. The van der Waals surface area contributed by atoms with Crippen LogP contribution in [0.1, 0.15) is 15.9 Å². The summed E-state index contributed by atoms with van der Waals surface area (Å²) in [5.74, 6) is -6.56. The number of alkyl halides is 5. The Labute approximate surface area is 85.7 Å². The van der Waals surface area contributed by atoms with Gasteiger partial charge in [-0.1, -0.05) is 6.07 Å². The summed E-state index contributed by atoms with van der Waals surface area (Å²) in [6.07, 6.45) is -5.78. The van der Waals surface area contributed by atoms with E-state index in [9.17, 15) is 31.1 Å². The molecule has 0 unspecified atom stereocenters. The Hall–Kier alpha value is -1.53. The van der Waals surface area contributed by atoms with Crippen LogP contribution in [0.4, 0.5) is 26.3 Å². The van der Waals surface area contributed by atoms with E-state index < -0.39 is 29.0 Å². The summed E-state index contributed by atoms with van der Waals surface area (Å²) in [4.78, 5) is 10.1. The second-order valence-corrected chi connectivity index (χ2v) is 2.93. The standard InChI is InChI=1S/C9H4F6O/c10-7-3-6(2-1-5(7)4-16)8(11,12)9(13,14)15/h1-4H. The Morgan fingerprint density at radius 2 is 1.62 bits per heavy atom. The minimum atomic E-state index is -5.80. The first-order chi connectivity index (χ1) is 7.20. The van der Waals surface area contributed by atoms with Crippen molar-refractivity contribution in [1.29, 1.82) is 0 Å². The van der Waals surface area contributed by atoms with E-state index in [0.717, 1.165) is 0 Å². The second-order valence-electron chi connectivity index (χ2n) is 2.93. The summed E-state index contributed by atoms with van der Waals surface area (Å²) in [5, 5.41) is 0. The summed E-state index contributed by atoms with van der Waals surface area (Å²) < 4.78 is 73.9. The largest absolute Gasteiger partial charge is 0.458 e. The zero-order valence-corrected chi connectivity index (χ0v) is 7.49. The van der Waals surface area contributed by atoms with Gasteiger partial charge in [0.15, 0.2) is 6.29 Å². The molecule has 0 aliphatic carbocycles. The lowest BCUT2D eigenvalue weighted by Crippen LogP contribution is -2.33. The van der Waals surface area contributed by atoms with Crippen molar-refractivity contribution in [3.8, 4) is 0 Å². The molecule has 0 saturated carbocycles. The number of halogens is 6. The lowest BCUT2D eigenvalue weighted by Gasteiger charge is -2.19. The smallest absolute Gasteiger partial charge is 0.298 e. The third-order valence-corrected chi connectivity index (χ3v) is 1.85. The molecule has 1 nitrogen and oxygen atoms in total. The van der Waals surface area contributed by atoms with Gasteiger partial charge in [-0.25, -0.2) is 4.39 Å². The predicted octanol–water partition coefficient (Wildman–Crippen LogP) is 3.29. The van der Waals surface area contributed by atoms with Gasteiger partial charge in [-0.05, 0) is 12.1 Å². The van der Waals surface area contributed by atoms with Crippen LogP contribution in [-0.4, -0.2) is 12.5 Å². The van der Waals surface area contributed by atoms with Crippen LogP contribution >= 0.6 is 0 Å². The fraction of sp³-hybridized carbons (Fsp3) is 0.222. The van der Waals surface area contributed by atoms with E-state index in [1.54, 1.807) is 0 Å². The molecule has 88 valence electrons. The van der Waals surface area contributed by atoms with Crippen LogP contribution < -0.4 is 0 Å². The van der Waals surface area contributed by atoms with E-state index in [4.69, 9.17) is 0 Å². The maximum absolute atomic E-state index is 12.8. The number of hydrogen-bond donors (Lipinski definition) is 0. The number of rotatable bonds is 2. The summed E-state index contributed by atoms with van der Waals surface area (Å²) in [6, 6.07) is 0.925. The Morgan fingerprint density at radius 3 is 2.00 bits per heavy atom. The molecule has 0 spiro atoms. The van der Waals surface area contributed by atoms with Crippen molar-refractivity contribution in [2.45, 2.75) is 12.1 Å². The van der Waals surface area contributed by atoms with Gasteiger partial charge in [0.25, 0.3) is 0 Å². The first-order valence-electron chi connectivity index (χ1n) is 3.90. The van der Waals surface area contributed by atoms with E-state index in [2.05, 4.69) is 0 Å². The van der Waals surface area contributed by atoms with Gasteiger partial charge >= 0.3 is 12.1 Å². The zero-order chi connectivity index (χ0) is 12.6. The number of carbonyl (C=O) groups is 1. The van der Waals surface area contributed by atoms with Gasteiger partial charge in [-0.2, -0.15) is 22.0 Å². The lowest BCUT2D eigenvalue weighted by molar-refractivity contribution is -0.289. The van der Waals surface area contributed by atoms with Crippen molar-refractivity contribution in [3.05, 3.63) is 35.1 Å². The molecule has 0 radical (unpaired) electrons. The predicted molar refractivity (Wildman–Crippen MR) is 41.7 cm³/mol. The van der Waals surface area contributed by atoms with Crippen LogP contribution in [-0.2, 0) is 5.92 Å². The SMILES string of the molecule is O=Cc1ccc(C(F)(F)C(F)(F)F)cc1F. The number of hydrogen-bond acceptors (Lipinski definition) is 1. The maximum Gasteiger partial charge on any atom is 0.458 e. The Bertz CT molecular complexity index is 409. The van der Waals surface area contributed by atoms with Crippen molar-refractivity contribution in [1.82, 2.24) is 0 Å². The van der Waals surface area contributed by atoms with Crippen LogP contribution in [0.25, 0.3) is 0 Å². The molecule has 1 aromatic carbocycles. The van der Waals surface area contributed by atoms with E-state index in [1.807, 2.05) is 0 Å². The normalized spacial score (nSPS) is 12.6. The van der Waals surface area contributed by atoms with Crippen LogP contribution in [0.2, 0.25) is 0 Å². The second kappa shape index (κ2) is 3.80. The summed E-state index contributed by atoms with van der Waals surface area (Å²) >= 11 is 0. The Kier molecular flexibility index (Phi) is 2.98. The average Bonchev–Trinajstić information content (AvgIpc) is 2.15. The van der Waals surface area contributed by atoms with Crippen molar-refractivity contribution in [2.24, 2.45) is 0 Å². The monoisotopic (exact) mass is 242 g/mol. The first kappa shape index (κ1) is 12.5. The van der Waals surface area contributed by atoms with E-state index in [0.29, 0.717) is 12.1 Å². The molecule has 0 fully saturated rings. The molecule has 0 saturated heterocycles. The number of carbonyl (C=O) groups excluding carboxylic acids is 1. The molecule has 16 heavy (non-hydrogen) atoms. The highest BCUT2D eigenvalue weighted by Crippen LogP contribution is 2.43. The van der Waals surface area contributed by atoms with Crippen LogP contribution in [0, 0.1) is 5.82 Å². The van der Waals surface area contributed by atoms with Gasteiger partial charge in [0, 0.05) is 5.56 Å². The van der Waals surface area contributed by atoms with E-state index >= 15 is 0 Å². The molecular weight excluding hydrogens is 238 g/mol. The molecule has 0 N–H and O–H groups in total. The third kappa shape index (κ3) is 2.02. The highest BCUT2D eigenvalue weighted by atomic mass is 19.4. The van der Waals surface area contributed by atoms with E-state index in [1.165, 1.54) is 0 Å². The fourth-order valence-corrected chi connectivity index (χ4v) is 0.982. The molecule has 0 heterocycles. The molecule has 7 heteroatoms. The Balaban J connectivity index is 3.25. The molecule has 0 atom stereocenters. The van der Waals surface area contributed by atoms with Gasteiger partial charge in [-0.3, -0.25) is 4.79 Å². The third-order valence-electron chi connectivity index (χ3n) is 1.85. The number of benzene rings is 1. The average molecular weight is 242 g/mol. The molecular formula is C9H4F6O. The minimum absolute atomic E-state index is 0.00275. The van der Waals surface area contributed by atoms with Gasteiger partial charge in [-0.15, -0.1) is 0 Å². The van der Waals surface area contributed by atoms with Crippen LogP contribution in [0.3, 0.4) is 0 Å². The molecule has 0 aromatic heterocycles. The summed E-state index contributed by atoms with van der Waals surface area (Å²) in [7, 11) is 0. The fourth-order valence-electron chi connectivity index (χ4n) is 0.982. The highest BCUT2D eigenvalue weighted by molar-refractivity contribution is 5.75. The molecule has 1 aromatic rings. The quantitative estimate of drug-likeness (QED) is 0.574. The summed E-state index contributed by atoms with van der Waals surface area (Å²) in [6.45, 7) is 0. The van der Waals surface area contributed by atoms with Crippen LogP contribution in [0.5, 0.6) is 0 Å². The summed E-state index contributed by atoms with van der Waals surface area (Å²) in [5.41, 5.74) is -2.12. The topological polar surface area (TPSA) is 17.1 Å². The lowest BCUT2D eigenvalue weighted by atomic mass is 10.1. The van der Waals surface area contributed by atoms with Crippen LogP contribution in [0.15, 0.2) is 18.2 Å². The Morgan fingerprint density at radius 1 is 1.06 bits per heavy atom. The van der Waals surface area contributed by atoms with Crippen molar-refractivity contribution >= 4 is 6.29 Å². The maximum atomic E-state index is 12.8. The minimum Gasteiger partial charge on any atom is -0.298 e. The van der Waals surface area contributed by atoms with Gasteiger partial charge < -0.3 is 0 Å². The van der Waals surface area contributed by atoms with Crippen molar-refractivity contribution in [2.75, 3.05) is 0 Å². The molecule has 0 amide bonds. The molecule has 0 bridgehead atoms. The highest BCUT2D eigenvalue weighted by Gasteiger charge is 2.58. The van der Waals surface area contributed by atoms with Gasteiger partial charge in [0.05, 0.1) is 5.56 Å². The van der Waals surface area contributed by atoms with Gasteiger partial charge in [0.2, 0.25) is 0 Å². The van der Waals surface area contributed by atoms with Gasteiger partial charge in [0.1, 0.15) is 5.82 Å².